The van der Waals surface area contributed by atoms with Crippen LogP contribution in [0.5, 0.6) is 0 Å². The summed E-state index contributed by atoms with van der Waals surface area (Å²) in [5.74, 6) is 0. The van der Waals surface area contributed by atoms with Crippen LogP contribution in [-0.2, 0) is 0 Å². The van der Waals surface area contributed by atoms with E-state index in [1.165, 1.54) is 71.4 Å². The van der Waals surface area contributed by atoms with Gasteiger partial charge in [-0.3, -0.25) is 4.90 Å². The van der Waals surface area contributed by atoms with E-state index in [9.17, 15) is 0 Å². The van der Waals surface area contributed by atoms with Gasteiger partial charge in [-0.05, 0) is 51.2 Å². The van der Waals surface area contributed by atoms with E-state index >= 15 is 0 Å². The highest BCUT2D eigenvalue weighted by Gasteiger charge is 2.47. The number of nitrogens with zero attached hydrogens (tertiary/aromatic N) is 2. The first kappa shape index (κ1) is 15.3. The molecule has 2 aliphatic heterocycles. The molecule has 1 spiro atoms. The van der Waals surface area contributed by atoms with Crippen LogP contribution < -0.4 is 5.32 Å². The SMILES string of the molecule is CCC.CN1CCC2(CC1)CC(N1CCNCC1)C2. The molecule has 3 heteroatoms. The van der Waals surface area contributed by atoms with E-state index in [1.807, 2.05) is 0 Å². The van der Waals surface area contributed by atoms with Crippen LogP contribution in [0.25, 0.3) is 0 Å². The number of piperazine rings is 1. The molecule has 0 aromatic carbocycles. The zero-order valence-electron chi connectivity index (χ0n) is 13.2. The third-order valence-electron chi connectivity index (χ3n) is 5.05. The maximum Gasteiger partial charge on any atom is 0.0110 e. The van der Waals surface area contributed by atoms with Crippen molar-refractivity contribution in [3.63, 3.8) is 0 Å². The Kier molecular flexibility index (Phi) is 5.67. The average Bonchev–Trinajstić information content (AvgIpc) is 2.39. The summed E-state index contributed by atoms with van der Waals surface area (Å²) in [6.07, 6.45) is 7.12. The minimum absolute atomic E-state index is 0.752. The molecule has 3 rings (SSSR count). The van der Waals surface area contributed by atoms with Crippen LogP contribution in [0.4, 0.5) is 0 Å². The highest BCUT2D eigenvalue weighted by atomic mass is 15.2. The van der Waals surface area contributed by atoms with Crippen LogP contribution >= 0.6 is 0 Å². The van der Waals surface area contributed by atoms with Crippen LogP contribution in [0.3, 0.4) is 0 Å². The Balaban J connectivity index is 0.000000408. The molecule has 2 saturated heterocycles. The molecular weight excluding hydrogens is 234 g/mol. The third-order valence-corrected chi connectivity index (χ3v) is 5.05. The number of hydrogen-bond acceptors (Lipinski definition) is 3. The van der Waals surface area contributed by atoms with Gasteiger partial charge in [-0.15, -0.1) is 0 Å². The highest BCUT2D eigenvalue weighted by molar-refractivity contribution is 5.01. The van der Waals surface area contributed by atoms with Crippen molar-refractivity contribution in [3.8, 4) is 0 Å². The van der Waals surface area contributed by atoms with Gasteiger partial charge in [0.05, 0.1) is 0 Å². The third kappa shape index (κ3) is 3.93. The molecule has 0 unspecified atom stereocenters. The molecule has 0 atom stereocenters. The van der Waals surface area contributed by atoms with E-state index < -0.39 is 0 Å². The zero-order valence-corrected chi connectivity index (χ0v) is 13.2. The molecule has 3 fully saturated rings. The Bertz CT molecular complexity index is 245. The summed E-state index contributed by atoms with van der Waals surface area (Å²) in [6.45, 7) is 11.9. The van der Waals surface area contributed by atoms with Crippen molar-refractivity contribution in [1.82, 2.24) is 15.1 Å². The van der Waals surface area contributed by atoms with Gasteiger partial charge in [-0.1, -0.05) is 20.3 Å². The van der Waals surface area contributed by atoms with Crippen molar-refractivity contribution in [2.75, 3.05) is 46.3 Å². The maximum absolute atomic E-state index is 3.45. The fourth-order valence-corrected chi connectivity index (χ4v) is 3.75. The van der Waals surface area contributed by atoms with Crippen molar-refractivity contribution < 1.29 is 0 Å². The zero-order chi connectivity index (χ0) is 13.7. The van der Waals surface area contributed by atoms with Gasteiger partial charge in [0.15, 0.2) is 0 Å². The van der Waals surface area contributed by atoms with Crippen LogP contribution in [0.15, 0.2) is 0 Å². The molecule has 0 radical (unpaired) electrons. The molecule has 0 amide bonds. The molecular formula is C16H33N3. The lowest BCUT2D eigenvalue weighted by molar-refractivity contribution is -0.0419. The minimum atomic E-state index is 0.752. The number of hydrogen-bond donors (Lipinski definition) is 1. The maximum atomic E-state index is 3.45. The van der Waals surface area contributed by atoms with E-state index in [0.29, 0.717) is 0 Å². The van der Waals surface area contributed by atoms with Crippen molar-refractivity contribution in [2.45, 2.75) is 52.0 Å². The van der Waals surface area contributed by atoms with Gasteiger partial charge >= 0.3 is 0 Å². The molecule has 112 valence electrons. The summed E-state index contributed by atoms with van der Waals surface area (Å²) >= 11 is 0. The lowest BCUT2D eigenvalue weighted by Crippen LogP contribution is -2.58. The summed E-state index contributed by atoms with van der Waals surface area (Å²) in [6, 6.07) is 0.922. The molecule has 0 aromatic rings. The topological polar surface area (TPSA) is 18.5 Å². The van der Waals surface area contributed by atoms with Gasteiger partial charge in [0, 0.05) is 32.2 Å². The van der Waals surface area contributed by atoms with E-state index in [0.717, 1.165) is 11.5 Å². The Morgan fingerprint density at radius 2 is 1.53 bits per heavy atom. The van der Waals surface area contributed by atoms with E-state index in [-0.39, 0.29) is 0 Å². The summed E-state index contributed by atoms with van der Waals surface area (Å²) < 4.78 is 0. The first-order valence-corrected chi connectivity index (χ1v) is 8.32. The molecule has 1 saturated carbocycles. The summed E-state index contributed by atoms with van der Waals surface area (Å²) in [5.41, 5.74) is 0.752. The quantitative estimate of drug-likeness (QED) is 0.785. The number of nitrogens with one attached hydrogen (secondary N) is 1. The molecule has 0 aromatic heterocycles. The van der Waals surface area contributed by atoms with Crippen LogP contribution in [0, 0.1) is 5.41 Å². The Morgan fingerprint density at radius 1 is 1.00 bits per heavy atom. The predicted molar refractivity (Wildman–Crippen MR) is 82.6 cm³/mol. The fraction of sp³-hybridized carbons (Fsp3) is 1.00. The van der Waals surface area contributed by atoms with Gasteiger partial charge in [0.25, 0.3) is 0 Å². The van der Waals surface area contributed by atoms with Crippen LogP contribution in [-0.4, -0.2) is 62.2 Å². The molecule has 1 aliphatic carbocycles. The lowest BCUT2D eigenvalue weighted by Gasteiger charge is -2.55. The van der Waals surface area contributed by atoms with Gasteiger partial charge in [-0.25, -0.2) is 0 Å². The second kappa shape index (κ2) is 7.05. The van der Waals surface area contributed by atoms with Gasteiger partial charge < -0.3 is 10.2 Å². The first-order valence-electron chi connectivity index (χ1n) is 8.32. The van der Waals surface area contributed by atoms with Gasteiger partial charge in [0.2, 0.25) is 0 Å². The fourth-order valence-electron chi connectivity index (χ4n) is 3.75. The van der Waals surface area contributed by atoms with Crippen molar-refractivity contribution in [3.05, 3.63) is 0 Å². The first-order chi connectivity index (χ1) is 9.19. The second-order valence-corrected chi connectivity index (χ2v) is 6.86. The molecule has 19 heavy (non-hydrogen) atoms. The van der Waals surface area contributed by atoms with Crippen LogP contribution in [0.1, 0.15) is 46.0 Å². The van der Waals surface area contributed by atoms with E-state index in [2.05, 4.69) is 36.0 Å². The Hall–Kier alpha value is -0.120. The van der Waals surface area contributed by atoms with Crippen molar-refractivity contribution in [1.29, 1.82) is 0 Å². The molecule has 3 nitrogen and oxygen atoms in total. The molecule has 0 bridgehead atoms. The monoisotopic (exact) mass is 267 g/mol. The smallest absolute Gasteiger partial charge is 0.0110 e. The van der Waals surface area contributed by atoms with Crippen molar-refractivity contribution >= 4 is 0 Å². The summed E-state index contributed by atoms with van der Waals surface area (Å²) in [4.78, 5) is 5.21. The molecule has 3 aliphatic rings. The average molecular weight is 267 g/mol. The minimum Gasteiger partial charge on any atom is -0.314 e. The normalized spacial score (nSPS) is 28.6. The number of likely N-dealkylation sites (tertiary alicyclic amines) is 1. The Morgan fingerprint density at radius 3 is 2.05 bits per heavy atom. The van der Waals surface area contributed by atoms with E-state index in [1.54, 1.807) is 0 Å². The van der Waals surface area contributed by atoms with Crippen LogP contribution in [0.2, 0.25) is 0 Å². The largest absolute Gasteiger partial charge is 0.314 e. The lowest BCUT2D eigenvalue weighted by atomic mass is 9.60. The Labute approximate surface area is 119 Å². The van der Waals surface area contributed by atoms with Gasteiger partial charge in [-0.2, -0.15) is 0 Å². The highest BCUT2D eigenvalue weighted by Crippen LogP contribution is 2.50. The van der Waals surface area contributed by atoms with Crippen molar-refractivity contribution in [2.24, 2.45) is 5.41 Å². The molecule has 1 N–H and O–H groups in total. The number of rotatable bonds is 1. The second-order valence-electron chi connectivity index (χ2n) is 6.86. The summed E-state index contributed by atoms with van der Waals surface area (Å²) in [5, 5.41) is 3.45. The van der Waals surface area contributed by atoms with Gasteiger partial charge in [0.1, 0.15) is 0 Å². The van der Waals surface area contributed by atoms with E-state index in [4.69, 9.17) is 0 Å². The predicted octanol–water partition coefficient (Wildman–Crippen LogP) is 2.18. The standard InChI is InChI=1S/C13H25N3.C3H8/c1-15-6-2-13(3-7-15)10-12(11-13)16-8-4-14-5-9-16;1-3-2/h12,14H,2-11H2,1H3;3H2,1-2H3. The number of piperidine rings is 1. The summed E-state index contributed by atoms with van der Waals surface area (Å²) in [7, 11) is 2.26. The molecule has 2 heterocycles.